The van der Waals surface area contributed by atoms with Crippen LogP contribution in [0.3, 0.4) is 0 Å². The van der Waals surface area contributed by atoms with E-state index in [0.717, 1.165) is 25.7 Å². The number of carbonyl (C=O) groups is 1. The van der Waals surface area contributed by atoms with Gasteiger partial charge in [-0.1, -0.05) is 52.4 Å². The van der Waals surface area contributed by atoms with Crippen LogP contribution in [0.25, 0.3) is 0 Å². The lowest BCUT2D eigenvalue weighted by Crippen LogP contribution is -2.26. The lowest BCUT2D eigenvalue weighted by atomic mass is 9.80. The van der Waals surface area contributed by atoms with E-state index in [9.17, 15) is 13.6 Å². The zero-order chi connectivity index (χ0) is 20.4. The summed E-state index contributed by atoms with van der Waals surface area (Å²) in [5.74, 6) is -2.79. The molecule has 0 saturated heterocycles. The van der Waals surface area contributed by atoms with Crippen molar-refractivity contribution in [2.75, 3.05) is 6.61 Å². The van der Waals surface area contributed by atoms with Crippen molar-refractivity contribution >= 4 is 5.97 Å². The van der Waals surface area contributed by atoms with Crippen molar-refractivity contribution in [3.63, 3.8) is 0 Å². The fraction of sp³-hybridized carbons (Fsp3) is 0.696. The molecule has 0 radical (unpaired) electrons. The average Bonchev–Trinajstić information content (AvgIpc) is 2.71. The lowest BCUT2D eigenvalue weighted by molar-refractivity contribution is -0.140. The zero-order valence-corrected chi connectivity index (χ0v) is 17.3. The van der Waals surface area contributed by atoms with E-state index < -0.39 is 17.6 Å². The van der Waals surface area contributed by atoms with Crippen LogP contribution in [0.4, 0.5) is 8.78 Å². The molecule has 1 aromatic carbocycles. The smallest absolute Gasteiger partial charge is 0.314 e. The number of rotatable bonds is 11. The van der Waals surface area contributed by atoms with Gasteiger partial charge in [0.15, 0.2) is 11.5 Å². The van der Waals surface area contributed by atoms with Crippen molar-refractivity contribution in [3.8, 4) is 11.5 Å². The van der Waals surface area contributed by atoms with Crippen LogP contribution in [0.1, 0.15) is 84.5 Å². The minimum absolute atomic E-state index is 0.154. The van der Waals surface area contributed by atoms with Gasteiger partial charge in [0.05, 0.1) is 12.5 Å². The first-order valence-electron chi connectivity index (χ1n) is 10.9. The van der Waals surface area contributed by atoms with E-state index in [4.69, 9.17) is 9.47 Å². The van der Waals surface area contributed by atoms with Gasteiger partial charge in [-0.3, -0.25) is 4.79 Å². The van der Waals surface area contributed by atoms with Crippen LogP contribution in [-0.2, 0) is 4.79 Å². The fourth-order valence-corrected chi connectivity index (χ4v) is 3.83. The van der Waals surface area contributed by atoms with Crippen molar-refractivity contribution < 1.29 is 23.0 Å². The first-order valence-corrected chi connectivity index (χ1v) is 10.9. The summed E-state index contributed by atoms with van der Waals surface area (Å²) in [4.78, 5) is 12.4. The van der Waals surface area contributed by atoms with Crippen LogP contribution in [-0.4, -0.2) is 12.6 Å². The van der Waals surface area contributed by atoms with E-state index in [1.807, 2.05) is 6.92 Å². The molecule has 0 N–H and O–H groups in total. The molecule has 5 heteroatoms. The van der Waals surface area contributed by atoms with Gasteiger partial charge >= 0.3 is 5.97 Å². The molecule has 1 aliphatic rings. The summed E-state index contributed by atoms with van der Waals surface area (Å²) in [5.41, 5.74) is 0. The van der Waals surface area contributed by atoms with E-state index in [1.165, 1.54) is 50.7 Å². The maximum Gasteiger partial charge on any atom is 0.314 e. The summed E-state index contributed by atoms with van der Waals surface area (Å²) < 4.78 is 38.5. The molecule has 2 rings (SSSR count). The van der Waals surface area contributed by atoms with Crippen LogP contribution in [0, 0.1) is 23.5 Å². The van der Waals surface area contributed by atoms with Gasteiger partial charge in [-0.25, -0.2) is 0 Å². The van der Waals surface area contributed by atoms with Crippen molar-refractivity contribution in [2.45, 2.75) is 84.5 Å². The average molecular weight is 397 g/mol. The van der Waals surface area contributed by atoms with Crippen molar-refractivity contribution in [3.05, 3.63) is 23.8 Å². The molecular formula is C23H34F2O3. The maximum atomic E-state index is 14.2. The molecule has 1 saturated carbocycles. The van der Waals surface area contributed by atoms with Crippen LogP contribution in [0.2, 0.25) is 0 Å². The number of benzene rings is 1. The predicted molar refractivity (Wildman–Crippen MR) is 107 cm³/mol. The summed E-state index contributed by atoms with van der Waals surface area (Å²) in [5, 5.41) is 0. The Morgan fingerprint density at radius 2 is 1.57 bits per heavy atom. The standard InChI is InChI=1S/C23H34F2O3/c1-3-5-6-7-8-9-17-10-12-18(13-11-17)23(26)28-20-15-14-19(27-16-4-2)21(24)22(20)25/h14-15,17-18H,3-13,16H2,1-2H3. The van der Waals surface area contributed by atoms with Crippen molar-refractivity contribution in [2.24, 2.45) is 11.8 Å². The lowest BCUT2D eigenvalue weighted by Gasteiger charge is -2.27. The first kappa shape index (κ1) is 22.6. The van der Waals surface area contributed by atoms with Gasteiger partial charge in [0, 0.05) is 0 Å². The molecular weight excluding hydrogens is 362 g/mol. The van der Waals surface area contributed by atoms with Gasteiger partial charge in [0.25, 0.3) is 0 Å². The molecule has 1 fully saturated rings. The summed E-state index contributed by atoms with van der Waals surface area (Å²) in [7, 11) is 0. The monoisotopic (exact) mass is 396 g/mol. The summed E-state index contributed by atoms with van der Waals surface area (Å²) in [6, 6.07) is 2.58. The second-order valence-electron chi connectivity index (χ2n) is 7.88. The number of hydrogen-bond donors (Lipinski definition) is 0. The largest absolute Gasteiger partial charge is 0.490 e. The molecule has 1 aliphatic carbocycles. The van der Waals surface area contributed by atoms with Gasteiger partial charge in [0.2, 0.25) is 11.6 Å². The van der Waals surface area contributed by atoms with Gasteiger partial charge in [-0.2, -0.15) is 8.78 Å². The first-order chi connectivity index (χ1) is 13.6. The summed E-state index contributed by atoms with van der Waals surface area (Å²) >= 11 is 0. The number of hydrogen-bond acceptors (Lipinski definition) is 3. The Labute approximate surface area is 167 Å². The van der Waals surface area contributed by atoms with E-state index in [1.54, 1.807) is 0 Å². The topological polar surface area (TPSA) is 35.5 Å². The Kier molecular flexibility index (Phi) is 9.72. The normalized spacial score (nSPS) is 19.4. The molecule has 0 amide bonds. The Hall–Kier alpha value is -1.65. The Morgan fingerprint density at radius 1 is 0.929 bits per heavy atom. The minimum atomic E-state index is -1.16. The molecule has 28 heavy (non-hydrogen) atoms. The molecule has 0 atom stereocenters. The molecule has 3 nitrogen and oxygen atoms in total. The molecule has 0 unspecified atom stereocenters. The van der Waals surface area contributed by atoms with Gasteiger partial charge in [-0.05, 0) is 50.2 Å². The Balaban J connectivity index is 1.79. The van der Waals surface area contributed by atoms with Crippen LogP contribution >= 0.6 is 0 Å². The molecule has 0 aromatic heterocycles. The highest BCUT2D eigenvalue weighted by Crippen LogP contribution is 2.34. The summed E-state index contributed by atoms with van der Waals surface area (Å²) in [6.07, 6.45) is 11.9. The summed E-state index contributed by atoms with van der Waals surface area (Å²) in [6.45, 7) is 4.40. The second kappa shape index (κ2) is 12.0. The van der Waals surface area contributed by atoms with Crippen LogP contribution < -0.4 is 9.47 Å². The molecule has 0 aliphatic heterocycles. The number of unbranched alkanes of at least 4 members (excludes halogenated alkanes) is 4. The highest BCUT2D eigenvalue weighted by atomic mass is 19.2. The molecule has 0 spiro atoms. The quantitative estimate of drug-likeness (QED) is 0.234. The third kappa shape index (κ3) is 6.75. The van der Waals surface area contributed by atoms with Crippen LogP contribution in [0.15, 0.2) is 12.1 Å². The number of ether oxygens (including phenoxy) is 2. The molecule has 0 bridgehead atoms. The van der Waals surface area contributed by atoms with E-state index in [0.29, 0.717) is 18.9 Å². The van der Waals surface area contributed by atoms with E-state index in [-0.39, 0.29) is 17.4 Å². The van der Waals surface area contributed by atoms with Gasteiger partial charge in [0.1, 0.15) is 0 Å². The number of halogens is 2. The Bertz CT molecular complexity index is 610. The van der Waals surface area contributed by atoms with Crippen molar-refractivity contribution in [1.82, 2.24) is 0 Å². The minimum Gasteiger partial charge on any atom is -0.490 e. The zero-order valence-electron chi connectivity index (χ0n) is 17.3. The third-order valence-electron chi connectivity index (χ3n) is 5.58. The van der Waals surface area contributed by atoms with Crippen molar-refractivity contribution in [1.29, 1.82) is 0 Å². The second-order valence-corrected chi connectivity index (χ2v) is 7.88. The molecule has 0 heterocycles. The number of esters is 1. The van der Waals surface area contributed by atoms with Gasteiger partial charge < -0.3 is 9.47 Å². The predicted octanol–water partition coefficient (Wildman–Crippen LogP) is 6.83. The van der Waals surface area contributed by atoms with E-state index in [2.05, 4.69) is 6.92 Å². The fourth-order valence-electron chi connectivity index (χ4n) is 3.83. The third-order valence-corrected chi connectivity index (χ3v) is 5.58. The van der Waals surface area contributed by atoms with Gasteiger partial charge in [-0.15, -0.1) is 0 Å². The van der Waals surface area contributed by atoms with Crippen LogP contribution in [0.5, 0.6) is 11.5 Å². The highest BCUT2D eigenvalue weighted by Gasteiger charge is 2.28. The van der Waals surface area contributed by atoms with E-state index >= 15 is 0 Å². The SMILES string of the molecule is CCCCCCCC1CCC(C(=O)Oc2ccc(OCCC)c(F)c2F)CC1. The highest BCUT2D eigenvalue weighted by molar-refractivity contribution is 5.75. The number of carbonyl (C=O) groups excluding carboxylic acids is 1. The maximum absolute atomic E-state index is 14.2. The Morgan fingerprint density at radius 3 is 2.25 bits per heavy atom. The molecule has 158 valence electrons. The molecule has 1 aromatic rings.